The summed E-state index contributed by atoms with van der Waals surface area (Å²) in [6, 6.07) is 12.6. The fourth-order valence-electron chi connectivity index (χ4n) is 4.14. The van der Waals surface area contributed by atoms with Gasteiger partial charge in [-0.3, -0.25) is 9.59 Å². The van der Waals surface area contributed by atoms with Gasteiger partial charge in [-0.05, 0) is 17.7 Å². The molecule has 2 saturated heterocycles. The molecule has 0 saturated carbocycles. The normalized spacial score (nSPS) is 24.0. The van der Waals surface area contributed by atoms with Crippen molar-refractivity contribution in [3.63, 3.8) is 0 Å². The number of hydrogen-bond donors (Lipinski definition) is 1. The number of benzene rings is 2. The maximum absolute atomic E-state index is 13.5. The van der Waals surface area contributed by atoms with Crippen LogP contribution in [-0.2, 0) is 9.59 Å². The van der Waals surface area contributed by atoms with Gasteiger partial charge in [-0.15, -0.1) is 12.4 Å². The third kappa shape index (κ3) is 4.26. The summed E-state index contributed by atoms with van der Waals surface area (Å²) in [7, 11) is 0. The van der Waals surface area contributed by atoms with Crippen molar-refractivity contribution in [2.45, 2.75) is 18.4 Å². The second-order valence-electron chi connectivity index (χ2n) is 7.46. The lowest BCUT2D eigenvalue weighted by Crippen LogP contribution is -2.37. The number of nitrogens with two attached hydrogens (primary N) is 1. The number of carbonyl (C=O) groups is 2. The standard InChI is InChI=1S/C21H21F2N3O2.ClH/c22-15-7-16(23)9-17(8-15)26-10-14(6-20(26)27)21(28)25-11-18(19(24)12-25)13-4-2-1-3-5-13;/h1-5,7-9,14,18-19H,6,10-12,24H2;1H/t14?,18-,19+;/m0./s1. The predicted molar refractivity (Wildman–Crippen MR) is 108 cm³/mol. The molecular weight excluding hydrogens is 400 g/mol. The Morgan fingerprint density at radius 2 is 1.66 bits per heavy atom. The zero-order valence-electron chi connectivity index (χ0n) is 15.6. The van der Waals surface area contributed by atoms with Crippen molar-refractivity contribution < 1.29 is 18.4 Å². The van der Waals surface area contributed by atoms with Crippen LogP contribution in [0.3, 0.4) is 0 Å². The molecule has 1 unspecified atom stereocenters. The Labute approximate surface area is 173 Å². The van der Waals surface area contributed by atoms with Crippen molar-refractivity contribution in [3.05, 3.63) is 65.7 Å². The van der Waals surface area contributed by atoms with E-state index in [9.17, 15) is 18.4 Å². The summed E-state index contributed by atoms with van der Waals surface area (Å²) >= 11 is 0. The fraction of sp³-hybridized carbons (Fsp3) is 0.333. The van der Waals surface area contributed by atoms with Gasteiger partial charge >= 0.3 is 0 Å². The second kappa shape index (κ2) is 8.47. The maximum atomic E-state index is 13.5. The van der Waals surface area contributed by atoms with Gasteiger partial charge in [0.05, 0.1) is 5.92 Å². The topological polar surface area (TPSA) is 66.6 Å². The van der Waals surface area contributed by atoms with Crippen LogP contribution in [0.4, 0.5) is 14.5 Å². The smallest absolute Gasteiger partial charge is 0.228 e. The first-order valence-corrected chi connectivity index (χ1v) is 9.28. The van der Waals surface area contributed by atoms with E-state index >= 15 is 0 Å². The molecule has 5 nitrogen and oxygen atoms in total. The van der Waals surface area contributed by atoms with Crippen LogP contribution >= 0.6 is 12.4 Å². The Bertz CT molecular complexity index is 892. The van der Waals surface area contributed by atoms with Crippen LogP contribution in [0.2, 0.25) is 0 Å². The summed E-state index contributed by atoms with van der Waals surface area (Å²) in [5, 5.41) is 0. The van der Waals surface area contributed by atoms with Crippen molar-refractivity contribution in [2.24, 2.45) is 11.7 Å². The molecule has 2 aliphatic rings. The lowest BCUT2D eigenvalue weighted by atomic mass is 9.95. The van der Waals surface area contributed by atoms with Crippen LogP contribution in [-0.4, -0.2) is 42.4 Å². The molecule has 0 aromatic heterocycles. The zero-order chi connectivity index (χ0) is 19.8. The Balaban J connectivity index is 0.00000240. The molecule has 154 valence electrons. The first-order valence-electron chi connectivity index (χ1n) is 9.28. The third-order valence-electron chi connectivity index (χ3n) is 5.54. The van der Waals surface area contributed by atoms with Gasteiger partial charge in [0, 0.05) is 49.8 Å². The number of rotatable bonds is 3. The van der Waals surface area contributed by atoms with Crippen LogP contribution in [0.1, 0.15) is 17.9 Å². The average Bonchev–Trinajstić information content (AvgIpc) is 3.24. The molecule has 2 aromatic rings. The molecule has 2 N–H and O–H groups in total. The van der Waals surface area contributed by atoms with Crippen LogP contribution in [0.5, 0.6) is 0 Å². The van der Waals surface area contributed by atoms with Gasteiger partial charge in [0.25, 0.3) is 0 Å². The lowest BCUT2D eigenvalue weighted by molar-refractivity contribution is -0.134. The second-order valence-corrected chi connectivity index (χ2v) is 7.46. The van der Waals surface area contributed by atoms with Crippen molar-refractivity contribution in [1.29, 1.82) is 0 Å². The van der Waals surface area contributed by atoms with Crippen molar-refractivity contribution in [2.75, 3.05) is 24.5 Å². The molecule has 4 rings (SSSR count). The Morgan fingerprint density at radius 3 is 2.31 bits per heavy atom. The maximum Gasteiger partial charge on any atom is 0.228 e. The predicted octanol–water partition coefficient (Wildman–Crippen LogP) is 2.69. The van der Waals surface area contributed by atoms with Crippen LogP contribution in [0, 0.1) is 17.6 Å². The minimum absolute atomic E-state index is 0. The highest BCUT2D eigenvalue weighted by Crippen LogP contribution is 2.31. The van der Waals surface area contributed by atoms with E-state index in [-0.39, 0.29) is 54.8 Å². The van der Waals surface area contributed by atoms with Crippen molar-refractivity contribution in [3.8, 4) is 0 Å². The highest BCUT2D eigenvalue weighted by Gasteiger charge is 2.41. The molecule has 0 radical (unpaired) electrons. The van der Waals surface area contributed by atoms with Crippen LogP contribution in [0.15, 0.2) is 48.5 Å². The molecule has 0 bridgehead atoms. The van der Waals surface area contributed by atoms with E-state index in [4.69, 9.17) is 5.73 Å². The summed E-state index contributed by atoms with van der Waals surface area (Å²) < 4.78 is 27.0. The van der Waals surface area contributed by atoms with Gasteiger partial charge in [0.15, 0.2) is 0 Å². The number of likely N-dealkylation sites (tertiary alicyclic amines) is 1. The number of carbonyl (C=O) groups excluding carboxylic acids is 2. The van der Waals surface area contributed by atoms with E-state index in [0.29, 0.717) is 13.1 Å². The lowest BCUT2D eigenvalue weighted by Gasteiger charge is -2.21. The first kappa shape index (κ1) is 21.2. The van der Waals surface area contributed by atoms with Gasteiger partial charge < -0.3 is 15.5 Å². The van der Waals surface area contributed by atoms with Crippen molar-refractivity contribution in [1.82, 2.24) is 4.90 Å². The van der Waals surface area contributed by atoms with Crippen LogP contribution < -0.4 is 10.6 Å². The number of nitrogens with zero attached hydrogens (tertiary/aromatic N) is 2. The molecule has 29 heavy (non-hydrogen) atoms. The minimum Gasteiger partial charge on any atom is -0.340 e. The highest BCUT2D eigenvalue weighted by atomic mass is 35.5. The van der Waals surface area contributed by atoms with Gasteiger partial charge in [0.2, 0.25) is 11.8 Å². The molecule has 0 aliphatic carbocycles. The summed E-state index contributed by atoms with van der Waals surface area (Å²) in [4.78, 5) is 28.3. The number of amides is 2. The number of halogens is 3. The Hall–Kier alpha value is -2.51. The van der Waals surface area contributed by atoms with E-state index in [2.05, 4.69) is 0 Å². The molecule has 2 heterocycles. The Kier molecular flexibility index (Phi) is 6.19. The largest absolute Gasteiger partial charge is 0.340 e. The minimum atomic E-state index is -0.756. The van der Waals surface area contributed by atoms with Gasteiger partial charge in [-0.25, -0.2) is 8.78 Å². The van der Waals surface area contributed by atoms with E-state index in [1.54, 1.807) is 4.90 Å². The molecule has 2 aliphatic heterocycles. The Morgan fingerprint density at radius 1 is 1.00 bits per heavy atom. The zero-order valence-corrected chi connectivity index (χ0v) is 16.4. The first-order chi connectivity index (χ1) is 13.4. The summed E-state index contributed by atoms with van der Waals surface area (Å²) in [6.45, 7) is 1.04. The molecule has 2 fully saturated rings. The number of anilines is 1. The molecule has 2 amide bonds. The fourth-order valence-corrected chi connectivity index (χ4v) is 4.14. The van der Waals surface area contributed by atoms with E-state index in [0.717, 1.165) is 23.8 Å². The summed E-state index contributed by atoms with van der Waals surface area (Å²) in [6.07, 6.45) is 0.0265. The average molecular weight is 422 g/mol. The monoisotopic (exact) mass is 421 g/mol. The SMILES string of the molecule is Cl.N[C@@H]1CN(C(=O)C2CC(=O)N(c3cc(F)cc(F)c3)C2)C[C@H]1c1ccccc1. The van der Waals surface area contributed by atoms with E-state index in [1.807, 2.05) is 30.3 Å². The molecule has 3 atom stereocenters. The van der Waals surface area contributed by atoms with Crippen molar-refractivity contribution >= 4 is 29.9 Å². The molecule has 8 heteroatoms. The number of hydrogen-bond acceptors (Lipinski definition) is 3. The van der Waals surface area contributed by atoms with E-state index < -0.39 is 17.6 Å². The molecule has 0 spiro atoms. The summed E-state index contributed by atoms with van der Waals surface area (Å²) in [5.74, 6) is -2.45. The third-order valence-corrected chi connectivity index (χ3v) is 5.54. The molecule has 2 aromatic carbocycles. The quantitative estimate of drug-likeness (QED) is 0.828. The van der Waals surface area contributed by atoms with E-state index in [1.165, 1.54) is 4.90 Å². The van der Waals surface area contributed by atoms with Gasteiger partial charge in [-0.1, -0.05) is 30.3 Å². The van der Waals surface area contributed by atoms with Crippen LogP contribution in [0.25, 0.3) is 0 Å². The van der Waals surface area contributed by atoms with Gasteiger partial charge in [-0.2, -0.15) is 0 Å². The summed E-state index contributed by atoms with van der Waals surface area (Å²) in [5.41, 5.74) is 7.49. The molecular formula is C21H22ClF2N3O2. The van der Waals surface area contributed by atoms with Gasteiger partial charge in [0.1, 0.15) is 11.6 Å². The highest BCUT2D eigenvalue weighted by molar-refractivity contribution is 6.00.